The van der Waals surface area contributed by atoms with Crippen molar-refractivity contribution in [1.82, 2.24) is 0 Å². The minimum absolute atomic E-state index is 0.368. The average molecular weight is 276 g/mol. The summed E-state index contributed by atoms with van der Waals surface area (Å²) >= 11 is 2.34. The van der Waals surface area contributed by atoms with Crippen LogP contribution in [-0.2, 0) is 0 Å². The van der Waals surface area contributed by atoms with Crippen molar-refractivity contribution in [2.24, 2.45) is 17.8 Å². The smallest absolute Gasteiger partial charge is 0.0203 e. The Bertz CT molecular complexity index is 194. The normalized spacial score (nSPS) is 19.5. The summed E-state index contributed by atoms with van der Waals surface area (Å²) in [6, 6.07) is 0. The minimum atomic E-state index is 0.368. The first-order chi connectivity index (χ1) is 5.49. The predicted molar refractivity (Wildman–Crippen MR) is 64.1 cm³/mol. The highest BCUT2D eigenvalue weighted by Crippen LogP contribution is 2.23. The van der Waals surface area contributed by atoms with Crippen LogP contribution in [-0.4, -0.2) is 0 Å². The molecule has 0 aliphatic rings. The molecule has 0 spiro atoms. The lowest BCUT2D eigenvalue weighted by molar-refractivity contribution is 0.381. The molecule has 0 aliphatic heterocycles. The number of hydrogen-bond acceptors (Lipinski definition) is 0. The Balaban J connectivity index is 4.21. The Kier molecular flexibility index (Phi) is 5.65. The van der Waals surface area contributed by atoms with E-state index in [9.17, 15) is 0 Å². The fourth-order valence-electron chi connectivity index (χ4n) is 1.12. The van der Waals surface area contributed by atoms with E-state index in [1.807, 2.05) is 0 Å². The molecule has 0 bridgehead atoms. The van der Waals surface area contributed by atoms with Crippen LogP contribution in [0, 0.1) is 30.1 Å². The molecule has 0 aromatic rings. The van der Waals surface area contributed by atoms with Crippen molar-refractivity contribution < 1.29 is 0 Å². The van der Waals surface area contributed by atoms with Crippen LogP contribution < -0.4 is 0 Å². The van der Waals surface area contributed by atoms with Crippen molar-refractivity contribution in [2.75, 3.05) is 0 Å². The minimum Gasteiger partial charge on any atom is -0.120 e. The molecule has 0 fully saturated rings. The molecule has 12 heavy (non-hydrogen) atoms. The topological polar surface area (TPSA) is 0 Å². The van der Waals surface area contributed by atoms with Gasteiger partial charge in [0, 0.05) is 5.92 Å². The van der Waals surface area contributed by atoms with Gasteiger partial charge in [-0.15, -0.1) is 12.3 Å². The third-order valence-corrected chi connectivity index (χ3v) is 2.73. The maximum Gasteiger partial charge on any atom is 0.0203 e. The third-order valence-electron chi connectivity index (χ3n) is 2.37. The summed E-state index contributed by atoms with van der Waals surface area (Å²) in [6.07, 6.45) is 7.65. The van der Waals surface area contributed by atoms with Crippen LogP contribution in [0.2, 0.25) is 0 Å². The van der Waals surface area contributed by atoms with Crippen molar-refractivity contribution in [2.45, 2.75) is 27.7 Å². The van der Waals surface area contributed by atoms with E-state index in [1.165, 1.54) is 3.58 Å². The SMILES string of the molecule is C#C[C@H](C)[C@H](C)[C@H](C)/C=C(\C)I. The van der Waals surface area contributed by atoms with Crippen LogP contribution in [0.1, 0.15) is 27.7 Å². The Morgan fingerprint density at radius 2 is 1.92 bits per heavy atom. The van der Waals surface area contributed by atoms with E-state index in [2.05, 4.69) is 62.3 Å². The van der Waals surface area contributed by atoms with Gasteiger partial charge in [-0.1, -0.05) is 26.8 Å². The highest BCUT2D eigenvalue weighted by Gasteiger charge is 2.15. The molecular formula is C11H17I. The van der Waals surface area contributed by atoms with Crippen LogP contribution in [0.25, 0.3) is 0 Å². The fourth-order valence-corrected chi connectivity index (χ4v) is 1.69. The van der Waals surface area contributed by atoms with Gasteiger partial charge in [0.2, 0.25) is 0 Å². The summed E-state index contributed by atoms with van der Waals surface area (Å²) in [7, 11) is 0. The molecule has 0 aliphatic carbocycles. The molecule has 0 saturated heterocycles. The number of allylic oxidation sites excluding steroid dienone is 2. The molecule has 0 rings (SSSR count). The van der Waals surface area contributed by atoms with Crippen LogP contribution in [0.3, 0.4) is 0 Å². The van der Waals surface area contributed by atoms with Gasteiger partial charge in [0.25, 0.3) is 0 Å². The van der Waals surface area contributed by atoms with Gasteiger partial charge in [-0.2, -0.15) is 0 Å². The van der Waals surface area contributed by atoms with E-state index in [0.717, 1.165) is 0 Å². The Hall–Kier alpha value is 0.0300. The molecule has 3 atom stereocenters. The van der Waals surface area contributed by atoms with Gasteiger partial charge in [0.1, 0.15) is 0 Å². The maximum absolute atomic E-state index is 5.37. The molecule has 0 heterocycles. The lowest BCUT2D eigenvalue weighted by Gasteiger charge is -2.19. The average Bonchev–Trinajstić information content (AvgIpc) is 2.00. The summed E-state index contributed by atoms with van der Waals surface area (Å²) in [6.45, 7) is 8.66. The fraction of sp³-hybridized carbons (Fsp3) is 0.636. The molecule has 0 amide bonds. The first-order valence-electron chi connectivity index (χ1n) is 4.29. The second kappa shape index (κ2) is 5.64. The molecule has 0 unspecified atom stereocenters. The maximum atomic E-state index is 5.37. The zero-order valence-corrected chi connectivity index (χ0v) is 10.4. The molecule has 0 aromatic heterocycles. The molecule has 0 nitrogen and oxygen atoms in total. The van der Waals surface area contributed by atoms with Gasteiger partial charge < -0.3 is 0 Å². The third kappa shape index (κ3) is 4.15. The lowest BCUT2D eigenvalue weighted by atomic mass is 9.85. The van der Waals surface area contributed by atoms with E-state index >= 15 is 0 Å². The molecule has 0 aromatic carbocycles. The van der Waals surface area contributed by atoms with Crippen molar-refractivity contribution in [3.8, 4) is 12.3 Å². The van der Waals surface area contributed by atoms with Crippen LogP contribution >= 0.6 is 22.6 Å². The van der Waals surface area contributed by atoms with Crippen molar-refractivity contribution in [3.05, 3.63) is 9.66 Å². The van der Waals surface area contributed by atoms with Crippen molar-refractivity contribution in [1.29, 1.82) is 0 Å². The van der Waals surface area contributed by atoms with Crippen LogP contribution in [0.4, 0.5) is 0 Å². The molecule has 0 saturated carbocycles. The molecule has 1 heteroatoms. The van der Waals surface area contributed by atoms with Crippen LogP contribution in [0.5, 0.6) is 0 Å². The Morgan fingerprint density at radius 3 is 2.25 bits per heavy atom. The van der Waals surface area contributed by atoms with Crippen molar-refractivity contribution >= 4 is 22.6 Å². The number of rotatable bonds is 3. The summed E-state index contributed by atoms with van der Waals surface area (Å²) in [5.41, 5.74) is 0. The number of halogens is 1. The first kappa shape index (κ1) is 12.0. The largest absolute Gasteiger partial charge is 0.120 e. The molecule has 0 radical (unpaired) electrons. The van der Waals surface area contributed by atoms with E-state index < -0.39 is 0 Å². The van der Waals surface area contributed by atoms with E-state index in [-0.39, 0.29) is 0 Å². The van der Waals surface area contributed by atoms with Crippen LogP contribution in [0.15, 0.2) is 9.66 Å². The van der Waals surface area contributed by atoms with Gasteiger partial charge in [-0.25, -0.2) is 0 Å². The monoisotopic (exact) mass is 276 g/mol. The zero-order valence-electron chi connectivity index (χ0n) is 8.26. The second-order valence-electron chi connectivity index (χ2n) is 3.43. The van der Waals surface area contributed by atoms with Gasteiger partial charge in [0.05, 0.1) is 0 Å². The van der Waals surface area contributed by atoms with Gasteiger partial charge in [-0.3, -0.25) is 0 Å². The molecule has 0 N–H and O–H groups in total. The number of hydrogen-bond donors (Lipinski definition) is 0. The summed E-state index contributed by atoms with van der Waals surface area (Å²) in [5.74, 6) is 4.30. The summed E-state index contributed by atoms with van der Waals surface area (Å²) in [4.78, 5) is 0. The molecule has 68 valence electrons. The highest BCUT2D eigenvalue weighted by atomic mass is 127. The summed E-state index contributed by atoms with van der Waals surface area (Å²) < 4.78 is 1.34. The zero-order chi connectivity index (χ0) is 9.72. The van der Waals surface area contributed by atoms with Gasteiger partial charge >= 0.3 is 0 Å². The second-order valence-corrected chi connectivity index (χ2v) is 5.13. The number of terminal acetylenes is 1. The molecular weight excluding hydrogens is 259 g/mol. The van der Waals surface area contributed by atoms with Gasteiger partial charge in [-0.05, 0) is 44.9 Å². The summed E-state index contributed by atoms with van der Waals surface area (Å²) in [5, 5.41) is 0. The van der Waals surface area contributed by atoms with Crippen molar-refractivity contribution in [3.63, 3.8) is 0 Å². The van der Waals surface area contributed by atoms with Gasteiger partial charge in [0.15, 0.2) is 0 Å². The first-order valence-corrected chi connectivity index (χ1v) is 5.37. The predicted octanol–water partition coefficient (Wildman–Crippen LogP) is 3.87. The highest BCUT2D eigenvalue weighted by molar-refractivity contribution is 14.1. The van der Waals surface area contributed by atoms with E-state index in [4.69, 9.17) is 6.42 Å². The quantitative estimate of drug-likeness (QED) is 0.542. The Labute approximate surface area is 90.0 Å². The van der Waals surface area contributed by atoms with E-state index in [0.29, 0.717) is 17.8 Å². The van der Waals surface area contributed by atoms with E-state index in [1.54, 1.807) is 0 Å². The lowest BCUT2D eigenvalue weighted by Crippen LogP contribution is -2.13. The standard InChI is InChI=1S/C11H17I/c1-6-8(2)11(5)9(3)7-10(4)12/h1,7-9,11H,2-5H3/b10-7+/t8-,9+,11-/m0/s1. The Morgan fingerprint density at radius 1 is 1.42 bits per heavy atom.